The highest BCUT2D eigenvalue weighted by atomic mass is 32.1. The molecule has 0 bridgehead atoms. The number of likely N-dealkylation sites (tertiary alicyclic amines) is 1. The summed E-state index contributed by atoms with van der Waals surface area (Å²) in [5.41, 5.74) is 0.966. The van der Waals surface area contributed by atoms with E-state index < -0.39 is 0 Å². The third kappa shape index (κ3) is 4.14. The van der Waals surface area contributed by atoms with Crippen LogP contribution >= 0.6 is 11.3 Å². The lowest BCUT2D eigenvalue weighted by Gasteiger charge is -2.30. The second kappa shape index (κ2) is 7.91. The van der Waals surface area contributed by atoms with E-state index in [-0.39, 0.29) is 18.4 Å². The Morgan fingerprint density at radius 1 is 1.29 bits per heavy atom. The molecule has 2 fully saturated rings. The molecule has 0 spiro atoms. The quantitative estimate of drug-likeness (QED) is 0.844. The summed E-state index contributed by atoms with van der Waals surface area (Å²) in [5.74, 6) is 0.687. The number of aryl methyl sites for hydroxylation is 2. The van der Waals surface area contributed by atoms with Crippen molar-refractivity contribution in [3.8, 4) is 0 Å². The molecular weight excluding hydrogens is 326 g/mol. The number of carbonyl (C=O) groups excluding carboxylic acids is 1. The van der Waals surface area contributed by atoms with Crippen LogP contribution < -0.4 is 0 Å². The van der Waals surface area contributed by atoms with Gasteiger partial charge in [-0.1, -0.05) is 0 Å². The predicted molar refractivity (Wildman–Crippen MR) is 93.2 cm³/mol. The van der Waals surface area contributed by atoms with Crippen molar-refractivity contribution < 1.29 is 14.6 Å². The predicted octanol–water partition coefficient (Wildman–Crippen LogP) is 0.702. The van der Waals surface area contributed by atoms with E-state index in [2.05, 4.69) is 9.88 Å². The van der Waals surface area contributed by atoms with E-state index in [0.717, 1.165) is 55.0 Å². The molecule has 2 atom stereocenters. The van der Waals surface area contributed by atoms with Gasteiger partial charge >= 0.3 is 0 Å². The van der Waals surface area contributed by atoms with Crippen molar-refractivity contribution in [2.24, 2.45) is 11.8 Å². The van der Waals surface area contributed by atoms with Crippen LogP contribution in [0.25, 0.3) is 0 Å². The van der Waals surface area contributed by atoms with Crippen molar-refractivity contribution in [2.75, 3.05) is 52.5 Å². The first-order valence-corrected chi connectivity index (χ1v) is 9.50. The Morgan fingerprint density at radius 2 is 2.00 bits per heavy atom. The first kappa shape index (κ1) is 17.8. The van der Waals surface area contributed by atoms with Gasteiger partial charge in [-0.05, 0) is 19.8 Å². The summed E-state index contributed by atoms with van der Waals surface area (Å²) in [4.78, 5) is 22.5. The number of aliphatic hydroxyl groups is 1. The van der Waals surface area contributed by atoms with Gasteiger partial charge in [-0.3, -0.25) is 9.69 Å². The van der Waals surface area contributed by atoms with Crippen LogP contribution in [-0.4, -0.2) is 78.3 Å². The van der Waals surface area contributed by atoms with Gasteiger partial charge < -0.3 is 14.7 Å². The van der Waals surface area contributed by atoms with Gasteiger partial charge in [0, 0.05) is 50.1 Å². The molecule has 1 amide bonds. The van der Waals surface area contributed by atoms with Gasteiger partial charge in [0.25, 0.3) is 0 Å². The van der Waals surface area contributed by atoms with Gasteiger partial charge in [-0.15, -0.1) is 11.3 Å². The van der Waals surface area contributed by atoms with Crippen molar-refractivity contribution in [3.63, 3.8) is 0 Å². The number of amides is 1. The van der Waals surface area contributed by atoms with Crippen LogP contribution in [0.1, 0.15) is 15.6 Å². The monoisotopic (exact) mass is 353 g/mol. The van der Waals surface area contributed by atoms with E-state index in [1.807, 2.05) is 18.7 Å². The minimum atomic E-state index is 0.150. The Labute approximate surface area is 147 Å². The van der Waals surface area contributed by atoms with Crippen LogP contribution in [0.15, 0.2) is 0 Å². The molecular formula is C17H27N3O3S. The van der Waals surface area contributed by atoms with Crippen LogP contribution in [0, 0.1) is 25.7 Å². The molecule has 1 N–H and O–H groups in total. The van der Waals surface area contributed by atoms with Crippen LogP contribution in [0.2, 0.25) is 0 Å². The zero-order chi connectivity index (χ0) is 17.1. The molecule has 0 aliphatic carbocycles. The summed E-state index contributed by atoms with van der Waals surface area (Å²) in [6, 6.07) is 0. The van der Waals surface area contributed by atoms with Crippen LogP contribution in [0.4, 0.5) is 0 Å². The average molecular weight is 353 g/mol. The molecule has 2 aliphatic heterocycles. The Balaban J connectivity index is 1.58. The number of hydrogen-bond acceptors (Lipinski definition) is 6. The standard InChI is InChI=1S/C17H27N3O3S/c1-12-16(24-13(2)18-12)7-17(22)20-9-14(15(10-20)11-21)8-19-3-5-23-6-4-19/h14-15,21H,3-11H2,1-2H3/t14-,15-/m1/s1. The number of thiazole rings is 1. The molecule has 6 nitrogen and oxygen atoms in total. The van der Waals surface area contributed by atoms with Gasteiger partial charge in [-0.25, -0.2) is 4.98 Å². The largest absolute Gasteiger partial charge is 0.396 e. The highest BCUT2D eigenvalue weighted by molar-refractivity contribution is 7.11. The topological polar surface area (TPSA) is 65.9 Å². The van der Waals surface area contributed by atoms with Crippen molar-refractivity contribution >= 4 is 17.2 Å². The number of morpholine rings is 1. The number of carbonyl (C=O) groups is 1. The average Bonchev–Trinajstić information content (AvgIpc) is 3.11. The molecule has 2 saturated heterocycles. The second-order valence-corrected chi connectivity index (χ2v) is 8.12. The molecule has 3 heterocycles. The molecule has 0 aromatic carbocycles. The number of nitrogens with zero attached hydrogens (tertiary/aromatic N) is 3. The summed E-state index contributed by atoms with van der Waals surface area (Å²) in [6.45, 7) is 9.90. The normalized spacial score (nSPS) is 25.4. The van der Waals surface area contributed by atoms with Crippen LogP contribution in [0.3, 0.4) is 0 Å². The third-order valence-electron chi connectivity index (χ3n) is 5.07. The van der Waals surface area contributed by atoms with E-state index >= 15 is 0 Å². The van der Waals surface area contributed by atoms with E-state index in [1.54, 1.807) is 11.3 Å². The Bertz CT molecular complexity index is 571. The number of rotatable bonds is 5. The maximum Gasteiger partial charge on any atom is 0.227 e. The fourth-order valence-corrected chi connectivity index (χ4v) is 4.59. The van der Waals surface area contributed by atoms with Gasteiger partial charge in [-0.2, -0.15) is 0 Å². The maximum absolute atomic E-state index is 12.7. The zero-order valence-corrected chi connectivity index (χ0v) is 15.3. The first-order valence-electron chi connectivity index (χ1n) is 8.68. The number of ether oxygens (including phenoxy) is 1. The lowest BCUT2D eigenvalue weighted by atomic mass is 9.96. The third-order valence-corrected chi connectivity index (χ3v) is 6.14. The molecule has 0 radical (unpaired) electrons. The fourth-order valence-electron chi connectivity index (χ4n) is 3.66. The molecule has 0 unspecified atom stereocenters. The van der Waals surface area contributed by atoms with Crippen molar-refractivity contribution in [3.05, 3.63) is 15.6 Å². The van der Waals surface area contributed by atoms with Gasteiger partial charge in [0.2, 0.25) is 5.91 Å². The van der Waals surface area contributed by atoms with Crippen molar-refractivity contribution in [2.45, 2.75) is 20.3 Å². The van der Waals surface area contributed by atoms with E-state index in [4.69, 9.17) is 4.74 Å². The summed E-state index contributed by atoms with van der Waals surface area (Å²) >= 11 is 1.61. The van der Waals surface area contributed by atoms with Gasteiger partial charge in [0.05, 0.1) is 30.3 Å². The molecule has 2 aliphatic rings. The number of aromatic nitrogens is 1. The molecule has 1 aromatic rings. The summed E-state index contributed by atoms with van der Waals surface area (Å²) in [5, 5.41) is 10.7. The summed E-state index contributed by atoms with van der Waals surface area (Å²) in [6.07, 6.45) is 0.430. The smallest absolute Gasteiger partial charge is 0.227 e. The Kier molecular flexibility index (Phi) is 5.86. The number of hydrogen-bond donors (Lipinski definition) is 1. The fraction of sp³-hybridized carbons (Fsp3) is 0.765. The lowest BCUT2D eigenvalue weighted by molar-refractivity contribution is -0.129. The van der Waals surface area contributed by atoms with E-state index in [1.165, 1.54) is 0 Å². The Hall–Kier alpha value is -1.02. The Morgan fingerprint density at radius 3 is 2.62 bits per heavy atom. The molecule has 1 aromatic heterocycles. The van der Waals surface area contributed by atoms with E-state index in [0.29, 0.717) is 18.9 Å². The van der Waals surface area contributed by atoms with Gasteiger partial charge in [0.1, 0.15) is 0 Å². The minimum Gasteiger partial charge on any atom is -0.396 e. The molecule has 7 heteroatoms. The highest BCUT2D eigenvalue weighted by Crippen LogP contribution is 2.26. The summed E-state index contributed by atoms with van der Waals surface area (Å²) in [7, 11) is 0. The van der Waals surface area contributed by atoms with Gasteiger partial charge in [0.15, 0.2) is 0 Å². The molecule has 24 heavy (non-hydrogen) atoms. The lowest BCUT2D eigenvalue weighted by Crippen LogP contribution is -2.41. The number of aliphatic hydroxyl groups excluding tert-OH is 1. The summed E-state index contributed by atoms with van der Waals surface area (Å²) < 4.78 is 5.40. The van der Waals surface area contributed by atoms with Crippen LogP contribution in [0.5, 0.6) is 0 Å². The second-order valence-electron chi connectivity index (χ2n) is 6.83. The first-order chi connectivity index (χ1) is 11.6. The van der Waals surface area contributed by atoms with Crippen molar-refractivity contribution in [1.29, 1.82) is 0 Å². The highest BCUT2D eigenvalue weighted by Gasteiger charge is 2.36. The van der Waals surface area contributed by atoms with E-state index in [9.17, 15) is 9.90 Å². The van der Waals surface area contributed by atoms with Crippen LogP contribution in [-0.2, 0) is 16.0 Å². The van der Waals surface area contributed by atoms with Crippen molar-refractivity contribution in [1.82, 2.24) is 14.8 Å². The zero-order valence-electron chi connectivity index (χ0n) is 14.5. The SMILES string of the molecule is Cc1nc(C)c(CC(=O)N2C[C@@H](CN3CCOCC3)[C@@H](CO)C2)s1. The molecule has 0 saturated carbocycles. The molecule has 3 rings (SSSR count). The maximum atomic E-state index is 12.7. The molecule has 134 valence electrons. The minimum absolute atomic E-state index is 0.150.